The van der Waals surface area contributed by atoms with Gasteiger partial charge in [0.1, 0.15) is 0 Å². The van der Waals surface area contributed by atoms with Crippen LogP contribution in [0, 0.1) is 6.92 Å². The zero-order valence-corrected chi connectivity index (χ0v) is 8.34. The molecule has 0 bridgehead atoms. The Bertz CT molecular complexity index is 433. The van der Waals surface area contributed by atoms with Gasteiger partial charge in [-0.25, -0.2) is 0 Å². The Kier molecular flexibility index (Phi) is 3.37. The molecule has 16 heavy (non-hydrogen) atoms. The first kappa shape index (κ1) is 12.3. The molecule has 1 aromatic carbocycles. The minimum atomic E-state index is -4.68. The molecule has 2 nitrogen and oxygen atoms in total. The second-order valence-corrected chi connectivity index (χ2v) is 3.20. The zero-order chi connectivity index (χ0) is 12.3. The molecule has 0 N–H and O–H groups in total. The fourth-order valence-electron chi connectivity index (χ4n) is 1.29. The van der Waals surface area contributed by atoms with E-state index in [0.717, 1.165) is 0 Å². The van der Waals surface area contributed by atoms with Crippen LogP contribution in [0.5, 0.6) is 0 Å². The highest BCUT2D eigenvalue weighted by Crippen LogP contribution is 2.25. The van der Waals surface area contributed by atoms with Crippen LogP contribution in [0.2, 0.25) is 0 Å². The predicted octanol–water partition coefficient (Wildman–Crippen LogP) is 1.69. The van der Waals surface area contributed by atoms with E-state index in [2.05, 4.69) is 0 Å². The van der Waals surface area contributed by atoms with Crippen LogP contribution in [0.3, 0.4) is 0 Å². The van der Waals surface area contributed by atoms with Gasteiger partial charge in [-0.15, -0.1) is 0 Å². The number of aliphatic carboxylic acids is 1. The summed E-state index contributed by atoms with van der Waals surface area (Å²) in [5.74, 6) is -1.84. The summed E-state index contributed by atoms with van der Waals surface area (Å²) < 4.78 is 36.3. The summed E-state index contributed by atoms with van der Waals surface area (Å²) in [6.07, 6.45) is -4.94. The van der Waals surface area contributed by atoms with E-state index in [1.807, 2.05) is 0 Å². The number of benzene rings is 1. The lowest BCUT2D eigenvalue weighted by atomic mass is 10.0. The highest BCUT2D eigenvalue weighted by molar-refractivity contribution is 6.14. The Balaban J connectivity index is 3.30. The Hall–Kier alpha value is -1.78. The number of carbonyl (C=O) groups is 1. The molecule has 0 radical (unpaired) electrons. The molecule has 0 aliphatic carbocycles. The number of carbonyl (C=O) groups excluding carboxylic acids is 1. The van der Waals surface area contributed by atoms with Gasteiger partial charge in [-0.3, -0.25) is 0 Å². The van der Waals surface area contributed by atoms with Crippen LogP contribution in [0.15, 0.2) is 30.3 Å². The third-order valence-corrected chi connectivity index (χ3v) is 1.96. The summed E-state index contributed by atoms with van der Waals surface area (Å²) in [5, 5.41) is 10.7. The van der Waals surface area contributed by atoms with Crippen molar-refractivity contribution < 1.29 is 23.1 Å². The number of carboxylic acid groups (broad SMARTS) is 1. The van der Waals surface area contributed by atoms with Crippen molar-refractivity contribution in [3.63, 3.8) is 0 Å². The van der Waals surface area contributed by atoms with Crippen LogP contribution < -0.4 is 5.11 Å². The standard InChI is InChI=1S/C11H9F3O2/c1-7-4-2-3-5-8(7)9(10(15)16)6-11(12,13)14/h2-6H,1H3,(H,15,16)/p-1/b9-6+. The number of allylic oxidation sites excluding steroid dienone is 1. The molecule has 0 aliphatic heterocycles. The van der Waals surface area contributed by atoms with Crippen molar-refractivity contribution in [2.45, 2.75) is 13.1 Å². The van der Waals surface area contributed by atoms with Crippen LogP contribution in [-0.2, 0) is 4.79 Å². The Labute approximate surface area is 90.0 Å². The van der Waals surface area contributed by atoms with E-state index in [-0.39, 0.29) is 11.6 Å². The Morgan fingerprint density at radius 2 is 1.88 bits per heavy atom. The number of halogens is 3. The van der Waals surface area contributed by atoms with Gasteiger partial charge in [0.15, 0.2) is 0 Å². The van der Waals surface area contributed by atoms with Gasteiger partial charge >= 0.3 is 6.18 Å². The van der Waals surface area contributed by atoms with Gasteiger partial charge in [-0.2, -0.15) is 13.2 Å². The van der Waals surface area contributed by atoms with Gasteiger partial charge < -0.3 is 9.90 Å². The number of aryl methyl sites for hydroxylation is 1. The first-order chi connectivity index (χ1) is 7.31. The van der Waals surface area contributed by atoms with Gasteiger partial charge in [0.2, 0.25) is 0 Å². The van der Waals surface area contributed by atoms with Gasteiger partial charge in [0, 0.05) is 11.6 Å². The highest BCUT2D eigenvalue weighted by atomic mass is 19.4. The molecule has 0 spiro atoms. The lowest BCUT2D eigenvalue weighted by Crippen LogP contribution is -2.25. The van der Waals surface area contributed by atoms with E-state index in [9.17, 15) is 23.1 Å². The Morgan fingerprint density at radius 3 is 2.31 bits per heavy atom. The minimum absolute atomic E-state index is 0.0137. The van der Waals surface area contributed by atoms with Crippen molar-refractivity contribution >= 4 is 11.5 Å². The molecule has 0 unspecified atom stereocenters. The van der Waals surface area contributed by atoms with E-state index in [1.54, 1.807) is 6.07 Å². The smallest absolute Gasteiger partial charge is 0.410 e. The summed E-state index contributed by atoms with van der Waals surface area (Å²) in [6.45, 7) is 1.53. The molecule has 0 saturated heterocycles. The molecule has 0 fully saturated rings. The molecule has 0 aliphatic rings. The minimum Gasteiger partial charge on any atom is -0.545 e. The van der Waals surface area contributed by atoms with Crippen molar-refractivity contribution in [2.75, 3.05) is 0 Å². The largest absolute Gasteiger partial charge is 0.545 e. The topological polar surface area (TPSA) is 40.1 Å². The maximum absolute atomic E-state index is 12.1. The summed E-state index contributed by atoms with van der Waals surface area (Å²) >= 11 is 0. The van der Waals surface area contributed by atoms with E-state index in [4.69, 9.17) is 0 Å². The normalized spacial score (nSPS) is 12.6. The summed E-state index contributed by atoms with van der Waals surface area (Å²) in [7, 11) is 0. The highest BCUT2D eigenvalue weighted by Gasteiger charge is 2.25. The van der Waals surface area contributed by atoms with Gasteiger partial charge in [0.25, 0.3) is 0 Å². The van der Waals surface area contributed by atoms with E-state index < -0.39 is 17.7 Å². The predicted molar refractivity (Wildman–Crippen MR) is 50.2 cm³/mol. The van der Waals surface area contributed by atoms with E-state index >= 15 is 0 Å². The van der Waals surface area contributed by atoms with E-state index in [1.165, 1.54) is 25.1 Å². The SMILES string of the molecule is Cc1ccccc1/C(=C\C(F)(F)F)C(=O)[O-]. The number of alkyl halides is 3. The molecule has 0 atom stereocenters. The lowest BCUT2D eigenvalue weighted by molar-refractivity contribution is -0.295. The molecule has 1 aromatic rings. The first-order valence-electron chi connectivity index (χ1n) is 4.38. The summed E-state index contributed by atoms with van der Waals surface area (Å²) in [6, 6.07) is 5.92. The molecule has 0 saturated carbocycles. The molecule has 0 aromatic heterocycles. The summed E-state index contributed by atoms with van der Waals surface area (Å²) in [4.78, 5) is 10.7. The van der Waals surface area contributed by atoms with Crippen LogP contribution >= 0.6 is 0 Å². The average molecular weight is 229 g/mol. The van der Waals surface area contributed by atoms with E-state index in [0.29, 0.717) is 5.56 Å². The maximum atomic E-state index is 12.1. The average Bonchev–Trinajstić information content (AvgIpc) is 2.13. The summed E-state index contributed by atoms with van der Waals surface area (Å²) in [5.41, 5.74) is -0.396. The molecule has 5 heteroatoms. The van der Waals surface area contributed by atoms with Crippen LogP contribution in [0.1, 0.15) is 11.1 Å². The fraction of sp³-hybridized carbons (Fsp3) is 0.182. The number of carboxylic acids is 1. The zero-order valence-electron chi connectivity index (χ0n) is 8.34. The van der Waals surface area contributed by atoms with Crippen LogP contribution in [0.25, 0.3) is 5.57 Å². The van der Waals surface area contributed by atoms with Gasteiger partial charge in [-0.1, -0.05) is 24.3 Å². The second-order valence-electron chi connectivity index (χ2n) is 3.20. The lowest BCUT2D eigenvalue weighted by Gasteiger charge is -2.12. The third kappa shape index (κ3) is 3.12. The molecule has 1 rings (SSSR count). The van der Waals surface area contributed by atoms with Gasteiger partial charge in [0.05, 0.1) is 5.97 Å². The molecule has 0 heterocycles. The van der Waals surface area contributed by atoms with Crippen molar-refractivity contribution in [1.82, 2.24) is 0 Å². The van der Waals surface area contributed by atoms with Crippen LogP contribution in [-0.4, -0.2) is 12.1 Å². The first-order valence-corrected chi connectivity index (χ1v) is 4.38. The molecule has 86 valence electrons. The van der Waals surface area contributed by atoms with Crippen molar-refractivity contribution in [2.24, 2.45) is 0 Å². The quantitative estimate of drug-likeness (QED) is 0.724. The third-order valence-electron chi connectivity index (χ3n) is 1.96. The van der Waals surface area contributed by atoms with Gasteiger partial charge in [-0.05, 0) is 18.1 Å². The Morgan fingerprint density at radius 1 is 1.31 bits per heavy atom. The second kappa shape index (κ2) is 4.38. The number of hydrogen-bond acceptors (Lipinski definition) is 2. The maximum Gasteiger partial charge on any atom is 0.410 e. The number of rotatable bonds is 2. The molecular formula is C11H8F3O2-. The number of hydrogen-bond donors (Lipinski definition) is 0. The van der Waals surface area contributed by atoms with Crippen LogP contribution in [0.4, 0.5) is 13.2 Å². The molecule has 0 amide bonds. The monoisotopic (exact) mass is 229 g/mol. The van der Waals surface area contributed by atoms with Crippen molar-refractivity contribution in [3.05, 3.63) is 41.5 Å². The molecular weight excluding hydrogens is 221 g/mol. The van der Waals surface area contributed by atoms with Crippen molar-refractivity contribution in [3.8, 4) is 0 Å². The fourth-order valence-corrected chi connectivity index (χ4v) is 1.29. The van der Waals surface area contributed by atoms with Crippen molar-refractivity contribution in [1.29, 1.82) is 0 Å².